The first-order valence-electron chi connectivity index (χ1n) is 7.68. The molecule has 1 atom stereocenters. The van der Waals surface area contributed by atoms with Crippen LogP contribution in [0.15, 0.2) is 48.5 Å². The number of hydrogen-bond donors (Lipinski definition) is 1. The fourth-order valence-electron chi connectivity index (χ4n) is 2.02. The van der Waals surface area contributed by atoms with E-state index in [1.807, 2.05) is 31.2 Å². The zero-order chi connectivity index (χ0) is 18.2. The van der Waals surface area contributed by atoms with E-state index in [9.17, 15) is 9.59 Å². The molecule has 1 amide bonds. The third-order valence-corrected chi connectivity index (χ3v) is 3.30. The number of benzene rings is 2. The zero-order valence-corrected chi connectivity index (χ0v) is 14.0. The van der Waals surface area contributed by atoms with Gasteiger partial charge in [-0.2, -0.15) is 5.26 Å². The molecule has 0 aliphatic heterocycles. The summed E-state index contributed by atoms with van der Waals surface area (Å²) in [7, 11) is 0. The maximum Gasteiger partial charge on any atom is 0.344 e. The third-order valence-electron chi connectivity index (χ3n) is 3.30. The van der Waals surface area contributed by atoms with Gasteiger partial charge in [-0.1, -0.05) is 12.1 Å². The number of amides is 1. The predicted octanol–water partition coefficient (Wildman–Crippen LogP) is 2.82. The van der Waals surface area contributed by atoms with E-state index in [4.69, 9.17) is 14.7 Å². The molecular weight excluding hydrogens is 320 g/mol. The predicted molar refractivity (Wildman–Crippen MR) is 92.0 cm³/mol. The standard InChI is InChI=1S/C19H18N2O4/c1-13-4-3-5-16(10-13)21-19(23)14(2)25-18(22)12-24-17-8-6-15(11-20)7-9-17/h3-10,14H,12H2,1-2H3,(H,21,23)/t14-/m1/s1. The van der Waals surface area contributed by atoms with E-state index in [2.05, 4.69) is 5.32 Å². The highest BCUT2D eigenvalue weighted by Gasteiger charge is 2.18. The van der Waals surface area contributed by atoms with Crippen molar-refractivity contribution in [2.45, 2.75) is 20.0 Å². The van der Waals surface area contributed by atoms with Crippen molar-refractivity contribution in [2.75, 3.05) is 11.9 Å². The highest BCUT2D eigenvalue weighted by molar-refractivity contribution is 5.95. The summed E-state index contributed by atoms with van der Waals surface area (Å²) in [5.41, 5.74) is 2.15. The Morgan fingerprint density at radius 1 is 1.20 bits per heavy atom. The molecule has 128 valence electrons. The number of carbonyl (C=O) groups excluding carboxylic acids is 2. The molecule has 0 aliphatic rings. The summed E-state index contributed by atoms with van der Waals surface area (Å²) in [6.45, 7) is 3.08. The molecule has 0 aromatic heterocycles. The van der Waals surface area contributed by atoms with Crippen LogP contribution in [-0.2, 0) is 14.3 Å². The minimum Gasteiger partial charge on any atom is -0.482 e. The minimum atomic E-state index is -0.947. The molecule has 2 rings (SSSR count). The molecule has 0 saturated heterocycles. The second-order valence-electron chi connectivity index (χ2n) is 5.42. The Hall–Kier alpha value is -3.33. The Labute approximate surface area is 146 Å². The first kappa shape index (κ1) is 18.0. The van der Waals surface area contributed by atoms with E-state index >= 15 is 0 Å². The maximum atomic E-state index is 12.0. The van der Waals surface area contributed by atoms with Gasteiger partial charge in [-0.05, 0) is 55.8 Å². The van der Waals surface area contributed by atoms with Crippen molar-refractivity contribution >= 4 is 17.6 Å². The van der Waals surface area contributed by atoms with Gasteiger partial charge in [-0.3, -0.25) is 4.79 Å². The van der Waals surface area contributed by atoms with Gasteiger partial charge in [0.1, 0.15) is 5.75 Å². The Morgan fingerprint density at radius 3 is 2.56 bits per heavy atom. The van der Waals surface area contributed by atoms with Crippen LogP contribution in [0, 0.1) is 18.3 Å². The number of nitrogens with zero attached hydrogens (tertiary/aromatic N) is 1. The quantitative estimate of drug-likeness (QED) is 0.818. The summed E-state index contributed by atoms with van der Waals surface area (Å²) in [5.74, 6) is -0.638. The first-order chi connectivity index (χ1) is 12.0. The van der Waals surface area contributed by atoms with Crippen molar-refractivity contribution in [1.82, 2.24) is 0 Å². The highest BCUT2D eigenvalue weighted by atomic mass is 16.6. The Morgan fingerprint density at radius 2 is 1.92 bits per heavy atom. The number of ether oxygens (including phenoxy) is 2. The Kier molecular flexibility index (Phi) is 6.13. The van der Waals surface area contributed by atoms with Crippen molar-refractivity contribution in [3.05, 3.63) is 59.7 Å². The number of esters is 1. The van der Waals surface area contributed by atoms with E-state index in [1.54, 1.807) is 30.3 Å². The van der Waals surface area contributed by atoms with E-state index in [0.717, 1.165) is 5.56 Å². The van der Waals surface area contributed by atoms with Crippen LogP contribution in [0.3, 0.4) is 0 Å². The smallest absolute Gasteiger partial charge is 0.344 e. The largest absolute Gasteiger partial charge is 0.482 e. The number of aryl methyl sites for hydroxylation is 1. The Bertz CT molecular complexity index is 794. The molecule has 0 bridgehead atoms. The maximum absolute atomic E-state index is 12.0. The minimum absolute atomic E-state index is 0.325. The summed E-state index contributed by atoms with van der Waals surface area (Å²) in [6, 6.07) is 15.6. The van der Waals surface area contributed by atoms with Gasteiger partial charge in [0.05, 0.1) is 11.6 Å². The molecule has 2 aromatic carbocycles. The average Bonchev–Trinajstić information content (AvgIpc) is 2.60. The van der Waals surface area contributed by atoms with Gasteiger partial charge < -0.3 is 14.8 Å². The van der Waals surface area contributed by atoms with Gasteiger partial charge >= 0.3 is 5.97 Å². The summed E-state index contributed by atoms with van der Waals surface area (Å²) in [5, 5.41) is 11.4. The molecule has 0 spiro atoms. The van der Waals surface area contributed by atoms with Crippen LogP contribution in [0.2, 0.25) is 0 Å². The number of anilines is 1. The fourth-order valence-corrected chi connectivity index (χ4v) is 2.02. The second kappa shape index (κ2) is 8.50. The SMILES string of the molecule is Cc1cccc(NC(=O)[C@@H](C)OC(=O)COc2ccc(C#N)cc2)c1. The van der Waals surface area contributed by atoms with Crippen LogP contribution >= 0.6 is 0 Å². The summed E-state index contributed by atoms with van der Waals surface area (Å²) in [4.78, 5) is 23.8. The number of nitrogens with one attached hydrogen (secondary N) is 1. The van der Waals surface area contributed by atoms with Gasteiger partial charge in [0.25, 0.3) is 5.91 Å². The molecular formula is C19H18N2O4. The number of carbonyl (C=O) groups is 2. The topological polar surface area (TPSA) is 88.4 Å². The lowest BCUT2D eigenvalue weighted by Gasteiger charge is -2.14. The first-order valence-corrected chi connectivity index (χ1v) is 7.68. The molecule has 1 N–H and O–H groups in total. The molecule has 0 heterocycles. The zero-order valence-electron chi connectivity index (χ0n) is 14.0. The number of nitriles is 1. The van der Waals surface area contributed by atoms with Gasteiger partial charge in [-0.25, -0.2) is 4.79 Å². The van der Waals surface area contributed by atoms with Crippen LogP contribution in [0.4, 0.5) is 5.69 Å². The molecule has 0 aliphatic carbocycles. The van der Waals surface area contributed by atoms with Crippen molar-refractivity contribution in [3.63, 3.8) is 0 Å². The van der Waals surface area contributed by atoms with Crippen LogP contribution in [0.25, 0.3) is 0 Å². The van der Waals surface area contributed by atoms with Gasteiger partial charge in [0.2, 0.25) is 0 Å². The van der Waals surface area contributed by atoms with Gasteiger partial charge in [0.15, 0.2) is 12.7 Å². The normalized spacial score (nSPS) is 11.1. The van der Waals surface area contributed by atoms with Crippen molar-refractivity contribution in [3.8, 4) is 11.8 Å². The lowest BCUT2D eigenvalue weighted by atomic mass is 10.2. The second-order valence-corrected chi connectivity index (χ2v) is 5.42. The summed E-state index contributed by atoms with van der Waals surface area (Å²) >= 11 is 0. The monoisotopic (exact) mass is 338 g/mol. The Balaban J connectivity index is 1.80. The van der Waals surface area contributed by atoms with Crippen LogP contribution < -0.4 is 10.1 Å². The molecule has 25 heavy (non-hydrogen) atoms. The van der Waals surface area contributed by atoms with Crippen molar-refractivity contribution in [1.29, 1.82) is 5.26 Å². The van der Waals surface area contributed by atoms with E-state index in [1.165, 1.54) is 6.92 Å². The molecule has 6 nitrogen and oxygen atoms in total. The summed E-state index contributed by atoms with van der Waals surface area (Å²) in [6.07, 6.45) is -0.947. The van der Waals surface area contributed by atoms with Gasteiger partial charge in [0, 0.05) is 5.69 Å². The van der Waals surface area contributed by atoms with Crippen molar-refractivity contribution in [2.24, 2.45) is 0 Å². The number of rotatable bonds is 6. The third kappa shape index (κ3) is 5.66. The molecule has 0 unspecified atom stereocenters. The number of hydrogen-bond acceptors (Lipinski definition) is 5. The molecule has 0 radical (unpaired) electrons. The van der Waals surface area contributed by atoms with Crippen LogP contribution in [-0.4, -0.2) is 24.6 Å². The summed E-state index contributed by atoms with van der Waals surface area (Å²) < 4.78 is 10.3. The van der Waals surface area contributed by atoms with E-state index in [-0.39, 0.29) is 6.61 Å². The van der Waals surface area contributed by atoms with Crippen LogP contribution in [0.1, 0.15) is 18.1 Å². The molecule has 0 fully saturated rings. The average molecular weight is 338 g/mol. The molecule has 6 heteroatoms. The fraction of sp³-hybridized carbons (Fsp3) is 0.211. The van der Waals surface area contributed by atoms with Crippen molar-refractivity contribution < 1.29 is 19.1 Å². The van der Waals surface area contributed by atoms with E-state index in [0.29, 0.717) is 17.0 Å². The van der Waals surface area contributed by atoms with Gasteiger partial charge in [-0.15, -0.1) is 0 Å². The lowest BCUT2D eigenvalue weighted by Crippen LogP contribution is -2.31. The lowest BCUT2D eigenvalue weighted by molar-refractivity contribution is -0.155. The van der Waals surface area contributed by atoms with E-state index < -0.39 is 18.0 Å². The molecule has 0 saturated carbocycles. The van der Waals surface area contributed by atoms with Crippen LogP contribution in [0.5, 0.6) is 5.75 Å². The highest BCUT2D eigenvalue weighted by Crippen LogP contribution is 2.12. The molecule has 2 aromatic rings.